The van der Waals surface area contributed by atoms with Gasteiger partial charge in [0, 0.05) is 61.4 Å². The van der Waals surface area contributed by atoms with Crippen LogP contribution in [-0.4, -0.2) is 57.4 Å². The van der Waals surface area contributed by atoms with Gasteiger partial charge >= 0.3 is 0 Å². The van der Waals surface area contributed by atoms with Crippen molar-refractivity contribution in [2.75, 3.05) is 37.6 Å². The van der Waals surface area contributed by atoms with Gasteiger partial charge in [-0.05, 0) is 37.6 Å². The van der Waals surface area contributed by atoms with E-state index in [9.17, 15) is 0 Å². The Labute approximate surface area is 182 Å². The van der Waals surface area contributed by atoms with E-state index in [1.54, 1.807) is 12.4 Å². The first-order chi connectivity index (χ1) is 14.6. The van der Waals surface area contributed by atoms with Crippen molar-refractivity contribution >= 4 is 23.4 Å². The summed E-state index contributed by atoms with van der Waals surface area (Å²) in [6.07, 6.45) is 8.51. The van der Waals surface area contributed by atoms with E-state index in [0.717, 1.165) is 55.4 Å². The molecule has 7 heteroatoms. The minimum Gasteiger partial charge on any atom is -0.369 e. The Kier molecular flexibility index (Phi) is 6.45. The third kappa shape index (κ3) is 4.71. The molecule has 0 unspecified atom stereocenters. The zero-order valence-electron chi connectivity index (χ0n) is 17.5. The van der Waals surface area contributed by atoms with Crippen LogP contribution in [0.1, 0.15) is 25.1 Å². The molecule has 3 heterocycles. The molecule has 4 rings (SSSR count). The molecule has 0 amide bonds. The molecule has 1 saturated heterocycles. The highest BCUT2D eigenvalue weighted by Crippen LogP contribution is 2.21. The molecule has 0 bridgehead atoms. The molecule has 0 N–H and O–H groups in total. The van der Waals surface area contributed by atoms with E-state index in [1.807, 2.05) is 35.1 Å². The van der Waals surface area contributed by atoms with Gasteiger partial charge in [-0.15, -0.1) is 0 Å². The summed E-state index contributed by atoms with van der Waals surface area (Å²) in [5, 5.41) is 5.32. The molecule has 0 aliphatic carbocycles. The summed E-state index contributed by atoms with van der Waals surface area (Å²) in [5.74, 6) is 0.615. The summed E-state index contributed by atoms with van der Waals surface area (Å²) in [7, 11) is 0. The molecule has 1 aliphatic rings. The van der Waals surface area contributed by atoms with Crippen LogP contribution in [0.5, 0.6) is 0 Å². The lowest BCUT2D eigenvalue weighted by Gasteiger charge is -2.36. The molecule has 0 atom stereocenters. The van der Waals surface area contributed by atoms with Gasteiger partial charge < -0.3 is 4.90 Å². The number of anilines is 1. The molecule has 156 valence electrons. The van der Waals surface area contributed by atoms with Crippen molar-refractivity contribution in [2.45, 2.75) is 20.3 Å². The fraction of sp³-hybridized carbons (Fsp3) is 0.348. The van der Waals surface area contributed by atoms with Crippen LogP contribution in [-0.2, 0) is 6.42 Å². The standard InChI is InChI=1S/C23H27ClN6/c1-3-22-19(16-27-30(22)23-25-8-5-9-26-23)14-18(2)17-28-10-12-29(13-11-28)21-7-4-6-20(24)15-21/h4-9,14-16H,3,10-13,17H2,1-2H3/b18-14+. The zero-order valence-corrected chi connectivity index (χ0v) is 18.3. The molecule has 30 heavy (non-hydrogen) atoms. The molecule has 1 fully saturated rings. The van der Waals surface area contributed by atoms with Crippen molar-refractivity contribution in [1.82, 2.24) is 24.6 Å². The number of hydrogen-bond acceptors (Lipinski definition) is 5. The number of aromatic nitrogens is 4. The molecule has 0 spiro atoms. The number of rotatable bonds is 6. The van der Waals surface area contributed by atoms with Crippen molar-refractivity contribution in [2.24, 2.45) is 0 Å². The summed E-state index contributed by atoms with van der Waals surface area (Å²) in [4.78, 5) is 13.6. The Hall–Kier alpha value is -2.70. The van der Waals surface area contributed by atoms with E-state index < -0.39 is 0 Å². The topological polar surface area (TPSA) is 50.1 Å². The number of benzene rings is 1. The summed E-state index contributed by atoms with van der Waals surface area (Å²) in [6.45, 7) is 9.38. The third-order valence-electron chi connectivity index (χ3n) is 5.40. The minimum atomic E-state index is 0.615. The third-order valence-corrected chi connectivity index (χ3v) is 5.63. The van der Waals surface area contributed by atoms with E-state index in [-0.39, 0.29) is 0 Å². The lowest BCUT2D eigenvalue weighted by molar-refractivity contribution is 0.279. The average molecular weight is 423 g/mol. The lowest BCUT2D eigenvalue weighted by Crippen LogP contribution is -2.46. The van der Waals surface area contributed by atoms with Crippen molar-refractivity contribution in [1.29, 1.82) is 0 Å². The quantitative estimate of drug-likeness (QED) is 0.598. The van der Waals surface area contributed by atoms with Crippen LogP contribution in [0.2, 0.25) is 5.02 Å². The van der Waals surface area contributed by atoms with Gasteiger partial charge in [-0.3, -0.25) is 4.90 Å². The Morgan fingerprint density at radius 2 is 1.87 bits per heavy atom. The SMILES string of the molecule is CCc1c(/C=C(\C)CN2CCN(c3cccc(Cl)c3)CC2)cnn1-c1ncccn1. The van der Waals surface area contributed by atoms with Crippen molar-refractivity contribution in [3.8, 4) is 5.95 Å². The Balaban J connectivity index is 1.40. The van der Waals surface area contributed by atoms with E-state index in [2.05, 4.69) is 50.9 Å². The monoisotopic (exact) mass is 422 g/mol. The molecule has 1 aliphatic heterocycles. The van der Waals surface area contributed by atoms with Gasteiger partial charge in [0.2, 0.25) is 0 Å². The summed E-state index contributed by atoms with van der Waals surface area (Å²) in [5.41, 5.74) is 4.80. The lowest BCUT2D eigenvalue weighted by atomic mass is 10.1. The van der Waals surface area contributed by atoms with Crippen LogP contribution in [0.4, 0.5) is 5.69 Å². The van der Waals surface area contributed by atoms with Crippen molar-refractivity contribution in [3.63, 3.8) is 0 Å². The van der Waals surface area contributed by atoms with Crippen molar-refractivity contribution < 1.29 is 0 Å². The molecule has 2 aromatic heterocycles. The highest BCUT2D eigenvalue weighted by molar-refractivity contribution is 6.30. The highest BCUT2D eigenvalue weighted by Gasteiger charge is 2.18. The highest BCUT2D eigenvalue weighted by atomic mass is 35.5. The number of piperazine rings is 1. The molecule has 0 radical (unpaired) electrons. The predicted molar refractivity (Wildman–Crippen MR) is 122 cm³/mol. The smallest absolute Gasteiger partial charge is 0.250 e. The van der Waals surface area contributed by atoms with Gasteiger partial charge in [0.15, 0.2) is 0 Å². The molecule has 6 nitrogen and oxygen atoms in total. The second-order valence-electron chi connectivity index (χ2n) is 7.59. The first-order valence-corrected chi connectivity index (χ1v) is 10.8. The van der Waals surface area contributed by atoms with Crippen LogP contribution in [0, 0.1) is 0 Å². The molecule has 1 aromatic carbocycles. The number of nitrogens with zero attached hydrogens (tertiary/aromatic N) is 6. The second-order valence-corrected chi connectivity index (χ2v) is 8.03. The van der Waals surface area contributed by atoms with Crippen LogP contribution >= 0.6 is 11.6 Å². The van der Waals surface area contributed by atoms with Gasteiger partial charge in [-0.2, -0.15) is 5.10 Å². The van der Waals surface area contributed by atoms with Crippen LogP contribution < -0.4 is 4.90 Å². The van der Waals surface area contributed by atoms with Crippen LogP contribution in [0.15, 0.2) is 54.5 Å². The fourth-order valence-corrected chi connectivity index (χ4v) is 4.12. The van der Waals surface area contributed by atoms with Gasteiger partial charge in [-0.1, -0.05) is 36.2 Å². The van der Waals surface area contributed by atoms with E-state index in [4.69, 9.17) is 11.6 Å². The number of hydrogen-bond donors (Lipinski definition) is 0. The van der Waals surface area contributed by atoms with Gasteiger partial charge in [0.05, 0.1) is 11.9 Å². The normalized spacial score (nSPS) is 15.6. The van der Waals surface area contributed by atoms with Gasteiger partial charge in [0.1, 0.15) is 0 Å². The Morgan fingerprint density at radius 1 is 1.10 bits per heavy atom. The first kappa shape index (κ1) is 20.6. The average Bonchev–Trinajstić information content (AvgIpc) is 3.17. The van der Waals surface area contributed by atoms with Gasteiger partial charge in [-0.25, -0.2) is 14.6 Å². The summed E-state index contributed by atoms with van der Waals surface area (Å²) >= 11 is 6.14. The summed E-state index contributed by atoms with van der Waals surface area (Å²) in [6, 6.07) is 9.93. The maximum atomic E-state index is 6.14. The predicted octanol–water partition coefficient (Wildman–Crippen LogP) is 4.10. The van der Waals surface area contributed by atoms with Gasteiger partial charge in [0.25, 0.3) is 5.95 Å². The Bertz CT molecular complexity index is 1010. The van der Waals surface area contributed by atoms with E-state index in [0.29, 0.717) is 5.95 Å². The van der Waals surface area contributed by atoms with Crippen LogP contribution in [0.25, 0.3) is 12.0 Å². The minimum absolute atomic E-state index is 0.615. The van der Waals surface area contributed by atoms with E-state index >= 15 is 0 Å². The molecule has 0 saturated carbocycles. The molecular formula is C23H27ClN6. The van der Waals surface area contributed by atoms with E-state index in [1.165, 1.54) is 11.3 Å². The molecular weight excluding hydrogens is 396 g/mol. The van der Waals surface area contributed by atoms with Crippen LogP contribution in [0.3, 0.4) is 0 Å². The fourth-order valence-electron chi connectivity index (χ4n) is 3.93. The first-order valence-electron chi connectivity index (χ1n) is 10.4. The Morgan fingerprint density at radius 3 is 2.57 bits per heavy atom. The maximum Gasteiger partial charge on any atom is 0.250 e. The second kappa shape index (κ2) is 9.41. The zero-order chi connectivity index (χ0) is 20.9. The molecule has 3 aromatic rings. The largest absolute Gasteiger partial charge is 0.369 e. The maximum absolute atomic E-state index is 6.14. The number of halogens is 1. The summed E-state index contributed by atoms with van der Waals surface area (Å²) < 4.78 is 1.84. The van der Waals surface area contributed by atoms with Crippen molar-refractivity contribution in [3.05, 3.63) is 70.8 Å².